The second-order valence-corrected chi connectivity index (χ2v) is 16.6. The minimum Gasteiger partial charge on any atom is -0.347 e. The summed E-state index contributed by atoms with van der Waals surface area (Å²) in [5.74, 6) is -0.410. The summed E-state index contributed by atoms with van der Waals surface area (Å²) < 4.78 is 0. The molecule has 0 radical (unpaired) electrons. The zero-order valence-electron chi connectivity index (χ0n) is 28.5. The van der Waals surface area contributed by atoms with Gasteiger partial charge in [0.15, 0.2) is 0 Å². The van der Waals surface area contributed by atoms with Crippen molar-refractivity contribution in [2.75, 3.05) is 40.3 Å². The van der Waals surface area contributed by atoms with Gasteiger partial charge in [0.05, 0.1) is 17.4 Å². The van der Waals surface area contributed by atoms with Crippen LogP contribution in [-0.2, 0) is 14.4 Å². The zero-order chi connectivity index (χ0) is 32.8. The van der Waals surface area contributed by atoms with Crippen LogP contribution in [0.3, 0.4) is 0 Å². The highest BCUT2D eigenvalue weighted by Crippen LogP contribution is 2.42. The number of likely N-dealkylation sites (N-methyl/N-ethyl adjacent to an activating group) is 1. The standard InChI is InChI=1S/C35H56ClN5O3/c1-33(2,3)39-20-27(23-10-12-24(36)13-11-23)28(21-39)30(42)40-19-26(18-29(40)31(43)38(8)9)41(32(44)35(6,7)22-37)25-14-16-34(4,5)17-15-25/h10-13,25-29H,14-22,37H2,1-9H3/t26-,27-,28+,29-/m0/s1. The molecule has 1 aliphatic carbocycles. The molecule has 0 aromatic heterocycles. The lowest BCUT2D eigenvalue weighted by Crippen LogP contribution is -2.55. The Morgan fingerprint density at radius 1 is 0.955 bits per heavy atom. The summed E-state index contributed by atoms with van der Waals surface area (Å²) >= 11 is 6.23. The summed E-state index contributed by atoms with van der Waals surface area (Å²) in [6.45, 7) is 16.9. The van der Waals surface area contributed by atoms with E-state index in [1.54, 1.807) is 19.0 Å². The van der Waals surface area contributed by atoms with E-state index in [1.807, 2.05) is 43.0 Å². The smallest absolute Gasteiger partial charge is 0.244 e. The minimum atomic E-state index is -0.732. The van der Waals surface area contributed by atoms with Crippen molar-refractivity contribution in [3.8, 4) is 0 Å². The number of carbonyl (C=O) groups excluding carboxylic acids is 3. The van der Waals surface area contributed by atoms with Crippen molar-refractivity contribution in [3.63, 3.8) is 0 Å². The van der Waals surface area contributed by atoms with Crippen molar-refractivity contribution < 1.29 is 14.4 Å². The average Bonchev–Trinajstić information content (AvgIpc) is 3.59. The Labute approximate surface area is 270 Å². The van der Waals surface area contributed by atoms with E-state index in [0.717, 1.165) is 37.8 Å². The molecule has 44 heavy (non-hydrogen) atoms. The molecule has 3 fully saturated rings. The molecule has 4 atom stereocenters. The second kappa shape index (κ2) is 12.9. The molecule has 2 heterocycles. The molecule has 3 aliphatic rings. The molecular formula is C35H56ClN5O3. The van der Waals surface area contributed by atoms with E-state index in [-0.39, 0.29) is 59.1 Å². The SMILES string of the molecule is CN(C)C(=O)[C@@H]1C[C@H](N(C(=O)C(C)(C)CN)C2CCC(C)(C)CC2)CN1C(=O)[C@@H]1CN(C(C)(C)C)C[C@H]1c1ccc(Cl)cc1. The topological polar surface area (TPSA) is 90.2 Å². The fraction of sp³-hybridized carbons (Fsp3) is 0.743. The first-order valence-corrected chi connectivity index (χ1v) is 16.8. The van der Waals surface area contributed by atoms with Crippen LogP contribution in [0.25, 0.3) is 0 Å². The molecule has 0 unspecified atom stereocenters. The van der Waals surface area contributed by atoms with Gasteiger partial charge in [-0.25, -0.2) is 0 Å². The fourth-order valence-electron chi connectivity index (χ4n) is 7.38. The molecule has 1 saturated carbocycles. The molecule has 4 rings (SSSR count). The Kier molecular flexibility index (Phi) is 10.2. The van der Waals surface area contributed by atoms with Crippen molar-refractivity contribution in [2.45, 2.75) is 110 Å². The molecule has 2 N–H and O–H groups in total. The molecule has 8 nitrogen and oxygen atoms in total. The Hall–Kier alpha value is -2.16. The highest BCUT2D eigenvalue weighted by molar-refractivity contribution is 6.30. The number of benzene rings is 1. The van der Waals surface area contributed by atoms with E-state index in [1.165, 1.54) is 0 Å². The average molecular weight is 630 g/mol. The highest BCUT2D eigenvalue weighted by atomic mass is 35.5. The van der Waals surface area contributed by atoms with Gasteiger partial charge in [0.1, 0.15) is 6.04 Å². The van der Waals surface area contributed by atoms with Crippen LogP contribution in [-0.4, -0.2) is 101 Å². The Morgan fingerprint density at radius 2 is 1.55 bits per heavy atom. The van der Waals surface area contributed by atoms with Gasteiger partial charge >= 0.3 is 0 Å². The van der Waals surface area contributed by atoms with Crippen molar-refractivity contribution in [1.29, 1.82) is 0 Å². The van der Waals surface area contributed by atoms with E-state index in [2.05, 4.69) is 44.4 Å². The lowest BCUT2D eigenvalue weighted by atomic mass is 9.74. The number of halogens is 1. The molecule has 2 saturated heterocycles. The van der Waals surface area contributed by atoms with Gasteiger partial charge in [-0.3, -0.25) is 19.3 Å². The van der Waals surface area contributed by atoms with E-state index in [4.69, 9.17) is 17.3 Å². The van der Waals surface area contributed by atoms with E-state index >= 15 is 0 Å². The van der Waals surface area contributed by atoms with Crippen molar-refractivity contribution in [1.82, 2.24) is 19.6 Å². The summed E-state index contributed by atoms with van der Waals surface area (Å²) in [4.78, 5) is 50.5. The number of nitrogens with two attached hydrogens (primary N) is 1. The fourth-order valence-corrected chi connectivity index (χ4v) is 7.51. The predicted molar refractivity (Wildman–Crippen MR) is 177 cm³/mol. The second-order valence-electron chi connectivity index (χ2n) is 16.2. The number of likely N-dealkylation sites (tertiary alicyclic amines) is 2. The number of carbonyl (C=O) groups is 3. The van der Waals surface area contributed by atoms with Gasteiger partial charge in [-0.05, 0) is 89.8 Å². The van der Waals surface area contributed by atoms with Crippen LogP contribution < -0.4 is 5.73 Å². The van der Waals surface area contributed by atoms with Crippen LogP contribution in [0.5, 0.6) is 0 Å². The van der Waals surface area contributed by atoms with Gasteiger partial charge in [-0.1, -0.05) is 37.6 Å². The van der Waals surface area contributed by atoms with Crippen molar-refractivity contribution in [2.24, 2.45) is 22.5 Å². The minimum absolute atomic E-state index is 0.00494. The maximum absolute atomic E-state index is 14.7. The van der Waals surface area contributed by atoms with Gasteiger partial charge in [0.2, 0.25) is 17.7 Å². The van der Waals surface area contributed by atoms with Crippen LogP contribution in [0.1, 0.15) is 92.1 Å². The summed E-state index contributed by atoms with van der Waals surface area (Å²) in [6, 6.07) is 7.03. The Balaban J connectivity index is 1.70. The van der Waals surface area contributed by atoms with Crippen LogP contribution in [0.2, 0.25) is 5.02 Å². The quantitative estimate of drug-likeness (QED) is 0.459. The van der Waals surface area contributed by atoms with Crippen molar-refractivity contribution >= 4 is 29.3 Å². The highest BCUT2D eigenvalue weighted by Gasteiger charge is 2.51. The first-order chi connectivity index (χ1) is 20.4. The third kappa shape index (κ3) is 7.28. The molecule has 246 valence electrons. The summed E-state index contributed by atoms with van der Waals surface area (Å²) in [5, 5.41) is 0.664. The van der Waals surface area contributed by atoms with Crippen molar-refractivity contribution in [3.05, 3.63) is 34.9 Å². The molecule has 0 spiro atoms. The summed E-state index contributed by atoms with van der Waals surface area (Å²) in [5.41, 5.74) is 6.61. The van der Waals surface area contributed by atoms with E-state index in [9.17, 15) is 14.4 Å². The number of nitrogens with zero attached hydrogens (tertiary/aromatic N) is 4. The van der Waals surface area contributed by atoms with Crippen LogP contribution >= 0.6 is 11.6 Å². The maximum Gasteiger partial charge on any atom is 0.244 e. The van der Waals surface area contributed by atoms with E-state index in [0.29, 0.717) is 24.5 Å². The number of hydrogen-bond acceptors (Lipinski definition) is 5. The third-order valence-electron chi connectivity index (χ3n) is 10.6. The molecule has 9 heteroatoms. The predicted octanol–water partition coefficient (Wildman–Crippen LogP) is 4.99. The van der Waals surface area contributed by atoms with Gasteiger partial charge in [-0.15, -0.1) is 0 Å². The molecule has 1 aromatic carbocycles. The number of rotatable bonds is 7. The van der Waals surface area contributed by atoms with E-state index < -0.39 is 11.5 Å². The normalized spacial score (nSPS) is 26.6. The van der Waals surface area contributed by atoms with Gasteiger partial charge in [-0.2, -0.15) is 0 Å². The van der Waals surface area contributed by atoms with Crippen LogP contribution in [0.4, 0.5) is 0 Å². The van der Waals surface area contributed by atoms with Gasteiger partial charge in [0, 0.05) is 62.8 Å². The third-order valence-corrected chi connectivity index (χ3v) is 10.8. The van der Waals surface area contributed by atoms with Crippen LogP contribution in [0.15, 0.2) is 24.3 Å². The first kappa shape index (κ1) is 34.7. The van der Waals surface area contributed by atoms with Gasteiger partial charge < -0.3 is 20.4 Å². The molecular weight excluding hydrogens is 574 g/mol. The molecule has 0 bridgehead atoms. The number of amides is 3. The van der Waals surface area contributed by atoms with Crippen LogP contribution in [0, 0.1) is 16.7 Å². The zero-order valence-corrected chi connectivity index (χ0v) is 29.3. The Morgan fingerprint density at radius 3 is 2.07 bits per heavy atom. The molecule has 2 aliphatic heterocycles. The summed E-state index contributed by atoms with van der Waals surface area (Å²) in [7, 11) is 3.49. The Bertz CT molecular complexity index is 1200. The monoisotopic (exact) mass is 629 g/mol. The number of hydrogen-bond donors (Lipinski definition) is 1. The lowest BCUT2D eigenvalue weighted by molar-refractivity contribution is -0.147. The first-order valence-electron chi connectivity index (χ1n) is 16.4. The largest absolute Gasteiger partial charge is 0.347 e. The summed E-state index contributed by atoms with van der Waals surface area (Å²) in [6.07, 6.45) is 4.34. The molecule has 1 aromatic rings. The lowest BCUT2D eigenvalue weighted by Gasteiger charge is -2.45. The molecule has 3 amide bonds. The maximum atomic E-state index is 14.7. The van der Waals surface area contributed by atoms with Gasteiger partial charge in [0.25, 0.3) is 0 Å².